The second-order valence-corrected chi connectivity index (χ2v) is 8.46. The highest BCUT2D eigenvalue weighted by molar-refractivity contribution is 6.11. The SMILES string of the molecule is CC(C)(C)c1cc(O)c2[nH]c3c(O)cc(C(C)(C)C)cc3c2c1. The fourth-order valence-electron chi connectivity index (χ4n) is 2.93. The first kappa shape index (κ1) is 15.7. The summed E-state index contributed by atoms with van der Waals surface area (Å²) in [4.78, 5) is 3.17. The van der Waals surface area contributed by atoms with Gasteiger partial charge in [-0.25, -0.2) is 0 Å². The second-order valence-electron chi connectivity index (χ2n) is 8.46. The van der Waals surface area contributed by atoms with Gasteiger partial charge in [0.1, 0.15) is 11.5 Å². The highest BCUT2D eigenvalue weighted by Crippen LogP contribution is 2.40. The van der Waals surface area contributed by atoms with Crippen LogP contribution in [0.5, 0.6) is 11.5 Å². The van der Waals surface area contributed by atoms with Crippen LogP contribution < -0.4 is 0 Å². The molecule has 0 radical (unpaired) electrons. The first-order valence-electron chi connectivity index (χ1n) is 8.01. The molecule has 0 spiro atoms. The molecule has 3 N–H and O–H groups in total. The molecule has 0 unspecified atom stereocenters. The van der Waals surface area contributed by atoms with E-state index in [0.717, 1.165) is 21.9 Å². The van der Waals surface area contributed by atoms with Gasteiger partial charge in [-0.05, 0) is 46.2 Å². The maximum absolute atomic E-state index is 10.4. The molecule has 2 aromatic carbocycles. The normalized spacial score (nSPS) is 13.1. The van der Waals surface area contributed by atoms with Gasteiger partial charge in [-0.2, -0.15) is 0 Å². The Morgan fingerprint density at radius 3 is 1.30 bits per heavy atom. The topological polar surface area (TPSA) is 56.2 Å². The Labute approximate surface area is 137 Å². The van der Waals surface area contributed by atoms with E-state index in [1.54, 1.807) is 12.1 Å². The van der Waals surface area contributed by atoms with E-state index in [0.29, 0.717) is 11.0 Å². The fraction of sp³-hybridized carbons (Fsp3) is 0.400. The first-order chi connectivity index (χ1) is 10.5. The third-order valence-electron chi connectivity index (χ3n) is 4.51. The minimum atomic E-state index is -0.0566. The average molecular weight is 311 g/mol. The number of aromatic hydroxyl groups is 2. The molecular weight excluding hydrogens is 286 g/mol. The van der Waals surface area contributed by atoms with E-state index in [1.165, 1.54) is 0 Å². The van der Waals surface area contributed by atoms with E-state index >= 15 is 0 Å². The van der Waals surface area contributed by atoms with Crippen molar-refractivity contribution in [1.82, 2.24) is 4.98 Å². The molecule has 0 saturated carbocycles. The lowest BCUT2D eigenvalue weighted by Crippen LogP contribution is -2.11. The minimum Gasteiger partial charge on any atom is -0.506 e. The standard InChI is InChI=1S/C20H25NO2/c1-19(2,3)11-7-13-14-8-12(20(4,5)6)10-16(23)18(14)21-17(13)15(22)9-11/h7-10,21-23H,1-6H3. The van der Waals surface area contributed by atoms with E-state index in [-0.39, 0.29) is 22.3 Å². The van der Waals surface area contributed by atoms with E-state index in [1.807, 2.05) is 0 Å². The van der Waals surface area contributed by atoms with Crippen LogP contribution in [0.1, 0.15) is 52.7 Å². The summed E-state index contributed by atoms with van der Waals surface area (Å²) in [7, 11) is 0. The summed E-state index contributed by atoms with van der Waals surface area (Å²) >= 11 is 0. The summed E-state index contributed by atoms with van der Waals surface area (Å²) in [6, 6.07) is 7.83. The van der Waals surface area contributed by atoms with E-state index in [9.17, 15) is 10.2 Å². The zero-order valence-corrected chi connectivity index (χ0v) is 14.7. The van der Waals surface area contributed by atoms with Crippen molar-refractivity contribution in [2.45, 2.75) is 52.4 Å². The van der Waals surface area contributed by atoms with E-state index in [4.69, 9.17) is 0 Å². The van der Waals surface area contributed by atoms with E-state index < -0.39 is 0 Å². The molecule has 0 saturated heterocycles. The molecule has 0 fully saturated rings. The Morgan fingerprint density at radius 1 is 0.652 bits per heavy atom. The molecule has 0 aliphatic rings. The number of fused-ring (bicyclic) bond motifs is 3. The molecule has 0 bridgehead atoms. The van der Waals surface area contributed by atoms with Crippen LogP contribution in [0.3, 0.4) is 0 Å². The quantitative estimate of drug-likeness (QED) is 0.526. The van der Waals surface area contributed by atoms with Crippen molar-refractivity contribution in [2.24, 2.45) is 0 Å². The average Bonchev–Trinajstić information content (AvgIpc) is 2.77. The summed E-state index contributed by atoms with van der Waals surface area (Å²) in [5.74, 6) is 0.445. The number of hydrogen-bond acceptors (Lipinski definition) is 2. The number of aromatic amines is 1. The molecule has 0 atom stereocenters. The zero-order valence-electron chi connectivity index (χ0n) is 14.7. The van der Waals surface area contributed by atoms with Crippen LogP contribution in [0.25, 0.3) is 21.8 Å². The summed E-state index contributed by atoms with van der Waals surface area (Å²) in [6.45, 7) is 12.8. The highest BCUT2D eigenvalue weighted by atomic mass is 16.3. The monoisotopic (exact) mass is 311 g/mol. The minimum absolute atomic E-state index is 0.0566. The number of phenols is 2. The Bertz CT molecular complexity index is 831. The van der Waals surface area contributed by atoms with Crippen molar-refractivity contribution in [2.75, 3.05) is 0 Å². The predicted molar refractivity (Wildman–Crippen MR) is 96.5 cm³/mol. The fourth-order valence-corrected chi connectivity index (χ4v) is 2.93. The van der Waals surface area contributed by atoms with Gasteiger partial charge in [-0.15, -0.1) is 0 Å². The third kappa shape index (κ3) is 2.54. The van der Waals surface area contributed by atoms with E-state index in [2.05, 4.69) is 58.7 Å². The van der Waals surface area contributed by atoms with Crippen LogP contribution in [0, 0.1) is 0 Å². The first-order valence-corrected chi connectivity index (χ1v) is 8.01. The number of nitrogens with one attached hydrogen (secondary N) is 1. The number of H-pyrrole nitrogens is 1. The number of phenolic OH excluding ortho intramolecular Hbond substituents is 2. The van der Waals surface area contributed by atoms with Crippen LogP contribution in [0.4, 0.5) is 0 Å². The van der Waals surface area contributed by atoms with Gasteiger partial charge in [0.2, 0.25) is 0 Å². The molecule has 3 nitrogen and oxygen atoms in total. The second kappa shape index (κ2) is 4.67. The van der Waals surface area contributed by atoms with Gasteiger partial charge >= 0.3 is 0 Å². The summed E-state index contributed by atoms with van der Waals surface area (Å²) < 4.78 is 0. The van der Waals surface area contributed by atoms with Crippen LogP contribution >= 0.6 is 0 Å². The number of rotatable bonds is 0. The predicted octanol–water partition coefficient (Wildman–Crippen LogP) is 5.33. The van der Waals surface area contributed by atoms with Gasteiger partial charge in [0.25, 0.3) is 0 Å². The highest BCUT2D eigenvalue weighted by Gasteiger charge is 2.21. The maximum Gasteiger partial charge on any atom is 0.139 e. The van der Waals surface area contributed by atoms with Crippen molar-refractivity contribution >= 4 is 21.8 Å². The zero-order chi connectivity index (χ0) is 17.2. The van der Waals surface area contributed by atoms with Crippen molar-refractivity contribution in [1.29, 1.82) is 0 Å². The lowest BCUT2D eigenvalue weighted by molar-refractivity contribution is 0.475. The molecule has 0 aliphatic heterocycles. The van der Waals surface area contributed by atoms with Crippen molar-refractivity contribution < 1.29 is 10.2 Å². The van der Waals surface area contributed by atoms with Crippen molar-refractivity contribution in [3.05, 3.63) is 35.4 Å². The van der Waals surface area contributed by atoms with Crippen LogP contribution in [0.15, 0.2) is 24.3 Å². The summed E-state index contributed by atoms with van der Waals surface area (Å²) in [6.07, 6.45) is 0. The Hall–Kier alpha value is -2.16. The van der Waals surface area contributed by atoms with Crippen LogP contribution in [-0.4, -0.2) is 15.2 Å². The molecule has 3 rings (SSSR count). The molecule has 0 amide bonds. The summed E-state index contributed by atoms with van der Waals surface area (Å²) in [5, 5.41) is 22.7. The van der Waals surface area contributed by atoms with Gasteiger partial charge in [0.05, 0.1) is 11.0 Å². The molecule has 0 aliphatic carbocycles. The van der Waals surface area contributed by atoms with Crippen LogP contribution in [-0.2, 0) is 10.8 Å². The van der Waals surface area contributed by atoms with Gasteiger partial charge < -0.3 is 15.2 Å². The Balaban J connectivity index is 2.44. The number of hydrogen-bond donors (Lipinski definition) is 3. The lowest BCUT2D eigenvalue weighted by Gasteiger charge is -2.20. The van der Waals surface area contributed by atoms with Gasteiger partial charge in [-0.1, -0.05) is 41.5 Å². The lowest BCUT2D eigenvalue weighted by atomic mass is 9.84. The molecule has 3 heteroatoms. The molecule has 23 heavy (non-hydrogen) atoms. The number of aromatic nitrogens is 1. The summed E-state index contributed by atoms with van der Waals surface area (Å²) in [5.41, 5.74) is 3.38. The Morgan fingerprint density at radius 2 is 1.00 bits per heavy atom. The molecular formula is C20H25NO2. The smallest absolute Gasteiger partial charge is 0.139 e. The maximum atomic E-state index is 10.4. The van der Waals surface area contributed by atoms with Crippen molar-refractivity contribution in [3.8, 4) is 11.5 Å². The van der Waals surface area contributed by atoms with Gasteiger partial charge in [0.15, 0.2) is 0 Å². The molecule has 1 heterocycles. The molecule has 122 valence electrons. The van der Waals surface area contributed by atoms with Gasteiger partial charge in [0, 0.05) is 10.8 Å². The van der Waals surface area contributed by atoms with Gasteiger partial charge in [-0.3, -0.25) is 0 Å². The molecule has 1 aromatic heterocycles. The Kier molecular flexibility index (Phi) is 3.19. The third-order valence-corrected chi connectivity index (χ3v) is 4.51. The number of benzene rings is 2. The largest absolute Gasteiger partial charge is 0.506 e. The molecule has 3 aromatic rings. The van der Waals surface area contributed by atoms with Crippen molar-refractivity contribution in [3.63, 3.8) is 0 Å². The van der Waals surface area contributed by atoms with Crippen LogP contribution in [0.2, 0.25) is 0 Å².